The van der Waals surface area contributed by atoms with Gasteiger partial charge in [-0.05, 0) is 84.7 Å². The second-order valence-corrected chi connectivity index (χ2v) is 8.29. The van der Waals surface area contributed by atoms with E-state index in [0.29, 0.717) is 18.8 Å². The van der Waals surface area contributed by atoms with Crippen LogP contribution in [0.1, 0.15) is 73.1 Å². The molecule has 2 aliphatic rings. The van der Waals surface area contributed by atoms with Crippen molar-refractivity contribution in [3.63, 3.8) is 0 Å². The van der Waals surface area contributed by atoms with Crippen LogP contribution in [0.5, 0.6) is 0 Å². The fourth-order valence-corrected chi connectivity index (χ4v) is 4.84. The number of halogens is 4. The van der Waals surface area contributed by atoms with Crippen LogP contribution in [0.15, 0.2) is 24.3 Å². The lowest BCUT2D eigenvalue weighted by Gasteiger charge is -2.29. The molecule has 0 aliphatic heterocycles. The van der Waals surface area contributed by atoms with Crippen LogP contribution >= 0.6 is 0 Å². The molecule has 0 aromatic heterocycles. The molecule has 2 aromatic carbocycles. The lowest BCUT2D eigenvalue weighted by molar-refractivity contribution is 0.346. The Morgan fingerprint density at radius 2 is 1.44 bits per heavy atom. The van der Waals surface area contributed by atoms with Gasteiger partial charge in [0.25, 0.3) is 0 Å². The maximum Gasteiger partial charge on any atom is 0.162 e. The number of aryl methyl sites for hydroxylation is 1. The topological polar surface area (TPSA) is 0 Å². The van der Waals surface area contributed by atoms with E-state index in [0.717, 1.165) is 42.9 Å². The number of hydrogen-bond acceptors (Lipinski definition) is 0. The van der Waals surface area contributed by atoms with Crippen molar-refractivity contribution >= 4 is 0 Å². The van der Waals surface area contributed by atoms with E-state index in [1.165, 1.54) is 12.1 Å². The van der Waals surface area contributed by atoms with Crippen molar-refractivity contribution in [1.82, 2.24) is 0 Å². The second kappa shape index (κ2) is 7.29. The maximum absolute atomic E-state index is 14.9. The Kier molecular flexibility index (Phi) is 5.00. The molecule has 144 valence electrons. The van der Waals surface area contributed by atoms with Crippen LogP contribution in [0.25, 0.3) is 0 Å². The standard InChI is InChI=1S/C23H24F4/c1-13-2-4-14(5-3-13)17-11-20(25)22(21(26)12-17)16-7-6-15-8-9-19(24)23(27)18(15)10-16/h8-9,11-14,16H,2-7,10H2,1H3. The normalized spacial score (nSPS) is 25.3. The fraction of sp³-hybridized carbons (Fsp3) is 0.478. The van der Waals surface area contributed by atoms with E-state index in [9.17, 15) is 17.6 Å². The summed E-state index contributed by atoms with van der Waals surface area (Å²) in [5.41, 5.74) is 1.75. The third-order valence-electron chi connectivity index (χ3n) is 6.50. The number of hydrogen-bond donors (Lipinski definition) is 0. The third kappa shape index (κ3) is 3.51. The zero-order chi connectivity index (χ0) is 19.1. The predicted octanol–water partition coefficient (Wildman–Crippen LogP) is 6.81. The zero-order valence-electron chi connectivity index (χ0n) is 15.5. The minimum atomic E-state index is -0.905. The van der Waals surface area contributed by atoms with E-state index >= 15 is 0 Å². The van der Waals surface area contributed by atoms with Gasteiger partial charge in [-0.2, -0.15) is 0 Å². The number of fused-ring (bicyclic) bond motifs is 1. The van der Waals surface area contributed by atoms with Gasteiger partial charge in [0, 0.05) is 5.56 Å². The summed E-state index contributed by atoms with van der Waals surface area (Å²) in [6.45, 7) is 2.21. The molecule has 1 fully saturated rings. The summed E-state index contributed by atoms with van der Waals surface area (Å²) in [7, 11) is 0. The molecule has 4 rings (SSSR count). The van der Waals surface area contributed by atoms with Crippen molar-refractivity contribution in [2.75, 3.05) is 0 Å². The highest BCUT2D eigenvalue weighted by atomic mass is 19.2. The van der Waals surface area contributed by atoms with Crippen molar-refractivity contribution < 1.29 is 17.6 Å². The highest BCUT2D eigenvalue weighted by molar-refractivity contribution is 5.38. The summed E-state index contributed by atoms with van der Waals surface area (Å²) < 4.78 is 57.5. The first-order valence-electron chi connectivity index (χ1n) is 9.88. The van der Waals surface area contributed by atoms with Crippen LogP contribution < -0.4 is 0 Å². The van der Waals surface area contributed by atoms with Crippen molar-refractivity contribution in [2.45, 2.75) is 63.7 Å². The van der Waals surface area contributed by atoms with E-state index < -0.39 is 29.2 Å². The Hall–Kier alpha value is -1.84. The van der Waals surface area contributed by atoms with Gasteiger partial charge in [-0.1, -0.05) is 25.8 Å². The average Bonchev–Trinajstić information content (AvgIpc) is 2.65. The lowest BCUT2D eigenvalue weighted by Crippen LogP contribution is -2.18. The van der Waals surface area contributed by atoms with Gasteiger partial charge in [0.1, 0.15) is 11.6 Å². The molecule has 0 heterocycles. The fourth-order valence-electron chi connectivity index (χ4n) is 4.84. The molecule has 0 radical (unpaired) electrons. The maximum atomic E-state index is 14.9. The van der Waals surface area contributed by atoms with E-state index in [4.69, 9.17) is 0 Å². The van der Waals surface area contributed by atoms with Gasteiger partial charge in [-0.15, -0.1) is 0 Å². The smallest absolute Gasteiger partial charge is 0.162 e. The minimum Gasteiger partial charge on any atom is -0.207 e. The summed E-state index contributed by atoms with van der Waals surface area (Å²) in [6, 6.07) is 5.63. The van der Waals surface area contributed by atoms with E-state index in [-0.39, 0.29) is 23.5 Å². The quantitative estimate of drug-likeness (QED) is 0.505. The molecular weight excluding hydrogens is 352 g/mol. The summed E-state index contributed by atoms with van der Waals surface area (Å²) in [6.07, 6.45) is 5.25. The first kappa shape index (κ1) is 18.5. The van der Waals surface area contributed by atoms with Crippen molar-refractivity contribution in [3.05, 3.63) is 69.8 Å². The molecule has 0 bridgehead atoms. The third-order valence-corrected chi connectivity index (χ3v) is 6.50. The van der Waals surface area contributed by atoms with Gasteiger partial charge >= 0.3 is 0 Å². The molecule has 0 nitrogen and oxygen atoms in total. The number of benzene rings is 2. The van der Waals surface area contributed by atoms with Crippen LogP contribution in [0.4, 0.5) is 17.6 Å². The molecule has 2 aliphatic carbocycles. The van der Waals surface area contributed by atoms with E-state index in [2.05, 4.69) is 6.92 Å². The van der Waals surface area contributed by atoms with Gasteiger partial charge in [0.05, 0.1) is 0 Å². The van der Waals surface area contributed by atoms with Gasteiger partial charge in [0.2, 0.25) is 0 Å². The Morgan fingerprint density at radius 3 is 2.11 bits per heavy atom. The van der Waals surface area contributed by atoms with Crippen molar-refractivity contribution in [2.24, 2.45) is 5.92 Å². The first-order valence-corrected chi connectivity index (χ1v) is 9.88. The minimum absolute atomic E-state index is 0.0252. The molecule has 27 heavy (non-hydrogen) atoms. The van der Waals surface area contributed by atoms with Crippen LogP contribution in [0, 0.1) is 29.2 Å². The van der Waals surface area contributed by atoms with Crippen molar-refractivity contribution in [3.8, 4) is 0 Å². The van der Waals surface area contributed by atoms with Crippen LogP contribution in [-0.2, 0) is 12.8 Å². The summed E-state index contributed by atoms with van der Waals surface area (Å²) in [5, 5.41) is 0. The van der Waals surface area contributed by atoms with Crippen LogP contribution in [-0.4, -0.2) is 0 Å². The molecule has 1 atom stereocenters. The Bertz CT molecular complexity index is 827. The predicted molar refractivity (Wildman–Crippen MR) is 97.9 cm³/mol. The monoisotopic (exact) mass is 376 g/mol. The molecular formula is C23H24F4. The van der Waals surface area contributed by atoms with Crippen molar-refractivity contribution in [1.29, 1.82) is 0 Å². The molecule has 0 spiro atoms. The molecule has 0 amide bonds. The Labute approximate surface area is 157 Å². The van der Waals surface area contributed by atoms with E-state index in [1.54, 1.807) is 6.07 Å². The zero-order valence-corrected chi connectivity index (χ0v) is 15.5. The Morgan fingerprint density at radius 1 is 0.778 bits per heavy atom. The molecule has 0 saturated heterocycles. The summed E-state index contributed by atoms with van der Waals surface area (Å²) in [5.74, 6) is -2.47. The molecule has 1 saturated carbocycles. The largest absolute Gasteiger partial charge is 0.207 e. The highest BCUT2D eigenvalue weighted by Crippen LogP contribution is 2.40. The van der Waals surface area contributed by atoms with Crippen LogP contribution in [0.2, 0.25) is 0 Å². The Balaban J connectivity index is 1.62. The van der Waals surface area contributed by atoms with Gasteiger partial charge < -0.3 is 0 Å². The van der Waals surface area contributed by atoms with Crippen LogP contribution in [0.3, 0.4) is 0 Å². The highest BCUT2D eigenvalue weighted by Gasteiger charge is 2.29. The summed E-state index contributed by atoms with van der Waals surface area (Å²) in [4.78, 5) is 0. The average molecular weight is 376 g/mol. The SMILES string of the molecule is CC1CCC(c2cc(F)c(C3CCc4ccc(F)c(F)c4C3)c(F)c2)CC1. The van der Waals surface area contributed by atoms with Gasteiger partial charge in [-0.3, -0.25) is 0 Å². The molecule has 4 heteroatoms. The lowest BCUT2D eigenvalue weighted by atomic mass is 9.77. The van der Waals surface area contributed by atoms with Gasteiger partial charge in [-0.25, -0.2) is 17.6 Å². The molecule has 1 unspecified atom stereocenters. The molecule has 2 aromatic rings. The molecule has 0 N–H and O–H groups in total. The first-order chi connectivity index (χ1) is 12.9. The summed E-state index contributed by atoms with van der Waals surface area (Å²) >= 11 is 0. The van der Waals surface area contributed by atoms with Gasteiger partial charge in [0.15, 0.2) is 11.6 Å². The second-order valence-electron chi connectivity index (χ2n) is 8.29. The van der Waals surface area contributed by atoms with E-state index in [1.807, 2.05) is 0 Å². The number of rotatable bonds is 2.